The van der Waals surface area contributed by atoms with Gasteiger partial charge in [0.2, 0.25) is 0 Å². The topological polar surface area (TPSA) is 39.1 Å². The fourth-order valence-electron chi connectivity index (χ4n) is 1.87. The van der Waals surface area contributed by atoms with Gasteiger partial charge in [0.25, 0.3) is 0 Å². The second-order valence-electron chi connectivity index (χ2n) is 4.10. The molecule has 1 heterocycles. The molecule has 18 heavy (non-hydrogen) atoms. The van der Waals surface area contributed by atoms with Gasteiger partial charge in [0.05, 0.1) is 0 Å². The first-order chi connectivity index (χ1) is 8.83. The maximum absolute atomic E-state index is 5.77. The van der Waals surface area contributed by atoms with Crippen LogP contribution < -0.4 is 10.1 Å². The highest BCUT2D eigenvalue weighted by Crippen LogP contribution is 2.14. The van der Waals surface area contributed by atoms with Crippen LogP contribution in [0.25, 0.3) is 0 Å². The SMILES string of the molecule is CCn1ccnc1COc1cccc(CNC)c1. The van der Waals surface area contributed by atoms with E-state index < -0.39 is 0 Å². The predicted octanol–water partition coefficient (Wildman–Crippen LogP) is 2.20. The molecule has 0 unspecified atom stereocenters. The van der Waals surface area contributed by atoms with Crippen molar-refractivity contribution in [1.82, 2.24) is 14.9 Å². The Kier molecular flexibility index (Phi) is 4.36. The van der Waals surface area contributed by atoms with Gasteiger partial charge >= 0.3 is 0 Å². The fraction of sp³-hybridized carbons (Fsp3) is 0.357. The van der Waals surface area contributed by atoms with Gasteiger partial charge in [0, 0.05) is 25.5 Å². The lowest BCUT2D eigenvalue weighted by molar-refractivity contribution is 0.289. The molecule has 2 aromatic rings. The van der Waals surface area contributed by atoms with E-state index in [1.165, 1.54) is 5.56 Å². The molecule has 96 valence electrons. The van der Waals surface area contributed by atoms with Gasteiger partial charge in [-0.15, -0.1) is 0 Å². The van der Waals surface area contributed by atoms with Crippen LogP contribution in [0.15, 0.2) is 36.7 Å². The van der Waals surface area contributed by atoms with Crippen LogP contribution in [0.2, 0.25) is 0 Å². The summed E-state index contributed by atoms with van der Waals surface area (Å²) in [6.45, 7) is 4.36. The van der Waals surface area contributed by atoms with E-state index >= 15 is 0 Å². The Morgan fingerprint density at radius 2 is 2.28 bits per heavy atom. The molecule has 2 rings (SSSR count). The predicted molar refractivity (Wildman–Crippen MR) is 71.4 cm³/mol. The zero-order valence-electron chi connectivity index (χ0n) is 10.9. The molecule has 4 nitrogen and oxygen atoms in total. The van der Waals surface area contributed by atoms with Crippen molar-refractivity contribution in [3.05, 3.63) is 48.0 Å². The van der Waals surface area contributed by atoms with E-state index in [4.69, 9.17) is 4.74 Å². The van der Waals surface area contributed by atoms with Crippen molar-refractivity contribution in [2.75, 3.05) is 7.05 Å². The second kappa shape index (κ2) is 6.21. The Balaban J connectivity index is 1.99. The molecule has 0 atom stereocenters. The van der Waals surface area contributed by atoms with Crippen molar-refractivity contribution in [2.45, 2.75) is 26.6 Å². The average Bonchev–Trinajstić information content (AvgIpc) is 2.84. The van der Waals surface area contributed by atoms with Gasteiger partial charge in [-0.05, 0) is 31.7 Å². The van der Waals surface area contributed by atoms with Crippen molar-refractivity contribution >= 4 is 0 Å². The van der Waals surface area contributed by atoms with Crippen LogP contribution in [-0.2, 0) is 19.7 Å². The number of nitrogens with zero attached hydrogens (tertiary/aromatic N) is 2. The number of hydrogen-bond donors (Lipinski definition) is 1. The Hall–Kier alpha value is -1.81. The van der Waals surface area contributed by atoms with Crippen LogP contribution in [0.5, 0.6) is 5.75 Å². The van der Waals surface area contributed by atoms with Gasteiger partial charge in [0.15, 0.2) is 0 Å². The molecular formula is C14H19N3O. The van der Waals surface area contributed by atoms with E-state index in [-0.39, 0.29) is 0 Å². The number of benzene rings is 1. The van der Waals surface area contributed by atoms with Crippen LogP contribution >= 0.6 is 0 Å². The number of rotatable bonds is 6. The summed E-state index contributed by atoms with van der Waals surface area (Å²) in [6, 6.07) is 8.11. The molecule has 0 saturated carbocycles. The number of imidazole rings is 1. The van der Waals surface area contributed by atoms with Crippen molar-refractivity contribution < 1.29 is 4.74 Å². The molecule has 0 radical (unpaired) electrons. The number of ether oxygens (including phenoxy) is 1. The van der Waals surface area contributed by atoms with Crippen molar-refractivity contribution in [3.63, 3.8) is 0 Å². The zero-order valence-corrected chi connectivity index (χ0v) is 10.9. The minimum Gasteiger partial charge on any atom is -0.486 e. The third-order valence-corrected chi connectivity index (χ3v) is 2.79. The Bertz CT molecular complexity index is 493. The molecule has 4 heteroatoms. The Morgan fingerprint density at radius 1 is 1.39 bits per heavy atom. The first kappa shape index (κ1) is 12.6. The summed E-state index contributed by atoms with van der Waals surface area (Å²) in [4.78, 5) is 4.29. The van der Waals surface area contributed by atoms with Crippen LogP contribution in [0.4, 0.5) is 0 Å². The van der Waals surface area contributed by atoms with E-state index in [0.29, 0.717) is 6.61 Å². The van der Waals surface area contributed by atoms with Crippen molar-refractivity contribution in [1.29, 1.82) is 0 Å². The molecule has 0 fully saturated rings. The summed E-state index contributed by atoms with van der Waals surface area (Å²) in [5, 5.41) is 3.13. The van der Waals surface area contributed by atoms with Gasteiger partial charge in [-0.25, -0.2) is 4.98 Å². The summed E-state index contributed by atoms with van der Waals surface area (Å²) >= 11 is 0. The van der Waals surface area contributed by atoms with E-state index in [9.17, 15) is 0 Å². The molecule has 0 aliphatic rings. The average molecular weight is 245 g/mol. The summed E-state index contributed by atoms with van der Waals surface area (Å²) in [5.41, 5.74) is 1.22. The van der Waals surface area contributed by atoms with Crippen molar-refractivity contribution in [2.24, 2.45) is 0 Å². The molecule has 1 N–H and O–H groups in total. The van der Waals surface area contributed by atoms with Gasteiger partial charge in [-0.3, -0.25) is 0 Å². The number of nitrogens with one attached hydrogen (secondary N) is 1. The first-order valence-electron chi connectivity index (χ1n) is 6.20. The molecule has 0 amide bonds. The molecule has 1 aromatic heterocycles. The Labute approximate surface area is 108 Å². The first-order valence-corrected chi connectivity index (χ1v) is 6.20. The summed E-state index contributed by atoms with van der Waals surface area (Å²) in [6.07, 6.45) is 3.77. The molecular weight excluding hydrogens is 226 g/mol. The lowest BCUT2D eigenvalue weighted by Crippen LogP contribution is -2.07. The Morgan fingerprint density at radius 3 is 3.06 bits per heavy atom. The van der Waals surface area contributed by atoms with E-state index in [2.05, 4.69) is 33.9 Å². The number of aryl methyl sites for hydroxylation is 1. The molecule has 0 aliphatic carbocycles. The largest absolute Gasteiger partial charge is 0.486 e. The van der Waals surface area contributed by atoms with Crippen LogP contribution in [0.1, 0.15) is 18.3 Å². The maximum atomic E-state index is 5.77. The highest BCUT2D eigenvalue weighted by molar-refractivity contribution is 5.28. The number of hydrogen-bond acceptors (Lipinski definition) is 3. The lowest BCUT2D eigenvalue weighted by atomic mass is 10.2. The smallest absolute Gasteiger partial charge is 0.146 e. The lowest BCUT2D eigenvalue weighted by Gasteiger charge is -2.09. The van der Waals surface area contributed by atoms with E-state index in [0.717, 1.165) is 24.7 Å². The monoisotopic (exact) mass is 245 g/mol. The highest BCUT2D eigenvalue weighted by atomic mass is 16.5. The minimum atomic E-state index is 0.504. The number of aromatic nitrogens is 2. The second-order valence-corrected chi connectivity index (χ2v) is 4.10. The molecule has 0 saturated heterocycles. The van der Waals surface area contributed by atoms with Crippen LogP contribution in [-0.4, -0.2) is 16.6 Å². The molecule has 0 bridgehead atoms. The van der Waals surface area contributed by atoms with Gasteiger partial charge < -0.3 is 14.6 Å². The van der Waals surface area contributed by atoms with Crippen molar-refractivity contribution in [3.8, 4) is 5.75 Å². The van der Waals surface area contributed by atoms with Gasteiger partial charge in [-0.1, -0.05) is 12.1 Å². The molecule has 0 aliphatic heterocycles. The third kappa shape index (κ3) is 3.11. The van der Waals surface area contributed by atoms with Gasteiger partial charge in [-0.2, -0.15) is 0 Å². The summed E-state index contributed by atoms with van der Waals surface area (Å²) in [7, 11) is 1.94. The maximum Gasteiger partial charge on any atom is 0.146 e. The third-order valence-electron chi connectivity index (χ3n) is 2.79. The normalized spacial score (nSPS) is 10.6. The van der Waals surface area contributed by atoms with Crippen LogP contribution in [0.3, 0.4) is 0 Å². The highest BCUT2D eigenvalue weighted by Gasteiger charge is 2.02. The van der Waals surface area contributed by atoms with E-state index in [1.807, 2.05) is 25.4 Å². The standard InChI is InChI=1S/C14H19N3O/c1-3-17-8-7-16-14(17)11-18-13-6-4-5-12(9-13)10-15-2/h4-9,15H,3,10-11H2,1-2H3. The molecule has 0 spiro atoms. The van der Waals surface area contributed by atoms with E-state index in [1.54, 1.807) is 6.20 Å². The summed E-state index contributed by atoms with van der Waals surface area (Å²) < 4.78 is 7.85. The molecule has 1 aromatic carbocycles. The fourth-order valence-corrected chi connectivity index (χ4v) is 1.87. The minimum absolute atomic E-state index is 0.504. The zero-order chi connectivity index (χ0) is 12.8. The van der Waals surface area contributed by atoms with Gasteiger partial charge in [0.1, 0.15) is 18.2 Å². The summed E-state index contributed by atoms with van der Waals surface area (Å²) in [5.74, 6) is 1.84. The van der Waals surface area contributed by atoms with Crippen LogP contribution in [0, 0.1) is 0 Å². The quantitative estimate of drug-likeness (QED) is 0.848.